The molecule has 3 heterocycles. The van der Waals surface area contributed by atoms with Crippen LogP contribution in [-0.2, 0) is 9.53 Å². The Morgan fingerprint density at radius 1 is 1.14 bits per heavy atom. The number of unbranched alkanes of at least 4 members (excludes halogenated alkanes) is 6. The highest BCUT2D eigenvalue weighted by Crippen LogP contribution is 2.33. The van der Waals surface area contributed by atoms with Gasteiger partial charge in [0.1, 0.15) is 0 Å². The van der Waals surface area contributed by atoms with Crippen LogP contribution in [0.15, 0.2) is 11.0 Å². The second-order valence-corrected chi connectivity index (χ2v) is 10.3. The molecule has 1 amide bonds. The van der Waals surface area contributed by atoms with Crippen molar-refractivity contribution in [3.63, 3.8) is 0 Å². The maximum Gasteiger partial charge on any atom is 0.230 e. The van der Waals surface area contributed by atoms with Gasteiger partial charge in [-0.25, -0.2) is 0 Å². The lowest BCUT2D eigenvalue weighted by molar-refractivity contribution is -0.161. The van der Waals surface area contributed by atoms with E-state index >= 15 is 0 Å². The van der Waals surface area contributed by atoms with Gasteiger partial charge < -0.3 is 19.6 Å². The first-order valence-corrected chi connectivity index (χ1v) is 12.7. The van der Waals surface area contributed by atoms with Crippen molar-refractivity contribution in [1.82, 2.24) is 9.80 Å². The van der Waals surface area contributed by atoms with Gasteiger partial charge in [-0.15, -0.1) is 11.8 Å². The number of hydrogen-bond donors (Lipinski definition) is 1. The molecule has 1 spiro atoms. The summed E-state index contributed by atoms with van der Waals surface area (Å²) in [4.78, 5) is 18.9. The maximum absolute atomic E-state index is 12.9. The zero-order chi connectivity index (χ0) is 20.5. The summed E-state index contributed by atoms with van der Waals surface area (Å²) in [5.41, 5.74) is -0.110. The predicted molar refractivity (Wildman–Crippen MR) is 120 cm³/mol. The summed E-state index contributed by atoms with van der Waals surface area (Å²) >= 11 is 1.81. The van der Waals surface area contributed by atoms with Crippen molar-refractivity contribution in [1.29, 1.82) is 0 Å². The Kier molecular flexibility index (Phi) is 9.35. The summed E-state index contributed by atoms with van der Waals surface area (Å²) in [5.74, 6) is 1.28. The largest absolute Gasteiger partial charge is 0.396 e. The van der Waals surface area contributed by atoms with E-state index in [1.807, 2.05) is 0 Å². The minimum atomic E-state index is -0.110. The molecular weight excluding hydrogens is 384 g/mol. The third kappa shape index (κ3) is 6.98. The summed E-state index contributed by atoms with van der Waals surface area (Å²) in [6.07, 6.45) is 12.8. The van der Waals surface area contributed by atoms with E-state index < -0.39 is 0 Å². The zero-order valence-corrected chi connectivity index (χ0v) is 19.1. The van der Waals surface area contributed by atoms with Crippen LogP contribution in [0.3, 0.4) is 0 Å². The third-order valence-corrected chi connectivity index (χ3v) is 7.82. The number of carbonyl (C=O) groups is 1. The number of allylic oxidation sites excluding steroid dienone is 1. The van der Waals surface area contributed by atoms with E-state index in [4.69, 9.17) is 9.84 Å². The SMILES string of the molecule is CC1=CC(C(=O)N2CCOC3(CCN(CCCCCCCCCO)CC3)C2)CS1. The lowest BCUT2D eigenvalue weighted by atomic mass is 9.88. The van der Waals surface area contributed by atoms with Gasteiger partial charge in [0, 0.05) is 38.5 Å². The molecule has 6 heteroatoms. The molecule has 166 valence electrons. The Bertz CT molecular complexity index is 546. The number of nitrogens with zero attached hydrogens (tertiary/aromatic N) is 2. The lowest BCUT2D eigenvalue weighted by Crippen LogP contribution is -2.58. The normalized spacial score (nSPS) is 24.8. The van der Waals surface area contributed by atoms with Gasteiger partial charge in [-0.1, -0.05) is 38.2 Å². The van der Waals surface area contributed by atoms with E-state index in [1.165, 1.54) is 50.0 Å². The molecule has 2 fully saturated rings. The van der Waals surface area contributed by atoms with Crippen LogP contribution in [0, 0.1) is 5.92 Å². The highest BCUT2D eigenvalue weighted by Gasteiger charge is 2.42. The summed E-state index contributed by atoms with van der Waals surface area (Å²) in [5, 5.41) is 8.81. The van der Waals surface area contributed by atoms with E-state index in [9.17, 15) is 4.79 Å². The molecule has 0 radical (unpaired) electrons. The van der Waals surface area contributed by atoms with Crippen molar-refractivity contribution in [3.05, 3.63) is 11.0 Å². The molecule has 5 nitrogen and oxygen atoms in total. The van der Waals surface area contributed by atoms with Gasteiger partial charge in [-0.05, 0) is 44.1 Å². The molecule has 0 aromatic heterocycles. The molecule has 0 aromatic rings. The van der Waals surface area contributed by atoms with Crippen molar-refractivity contribution >= 4 is 17.7 Å². The van der Waals surface area contributed by atoms with Gasteiger partial charge in [0.05, 0.1) is 18.1 Å². The highest BCUT2D eigenvalue weighted by molar-refractivity contribution is 8.03. The first-order chi connectivity index (χ1) is 14.1. The molecule has 0 aromatic carbocycles. The first-order valence-electron chi connectivity index (χ1n) is 11.7. The molecule has 2 saturated heterocycles. The fourth-order valence-electron chi connectivity index (χ4n) is 4.83. The van der Waals surface area contributed by atoms with E-state index in [0.717, 1.165) is 51.2 Å². The van der Waals surface area contributed by atoms with Crippen molar-refractivity contribution in [3.8, 4) is 0 Å². The Labute approximate surface area is 181 Å². The summed E-state index contributed by atoms with van der Waals surface area (Å²) in [7, 11) is 0. The van der Waals surface area contributed by atoms with Crippen LogP contribution in [0.4, 0.5) is 0 Å². The van der Waals surface area contributed by atoms with Gasteiger partial charge in [0.2, 0.25) is 5.91 Å². The molecule has 0 bridgehead atoms. The van der Waals surface area contributed by atoms with Crippen LogP contribution < -0.4 is 0 Å². The second-order valence-electron chi connectivity index (χ2n) is 9.03. The monoisotopic (exact) mass is 424 g/mol. The predicted octanol–water partition coefficient (Wildman–Crippen LogP) is 3.67. The summed E-state index contributed by atoms with van der Waals surface area (Å²) in [6, 6.07) is 0. The number of aliphatic hydroxyl groups excluding tert-OH is 1. The maximum atomic E-state index is 12.9. The molecule has 1 atom stereocenters. The Morgan fingerprint density at radius 3 is 2.48 bits per heavy atom. The smallest absolute Gasteiger partial charge is 0.230 e. The minimum absolute atomic E-state index is 0.0684. The topological polar surface area (TPSA) is 53.0 Å². The number of thioether (sulfide) groups is 1. The Morgan fingerprint density at radius 2 is 1.83 bits per heavy atom. The fraction of sp³-hybridized carbons (Fsp3) is 0.870. The fourth-order valence-corrected chi connectivity index (χ4v) is 5.77. The van der Waals surface area contributed by atoms with Gasteiger partial charge >= 0.3 is 0 Å². The number of ether oxygens (including phenoxy) is 1. The molecule has 0 aliphatic carbocycles. The zero-order valence-electron chi connectivity index (χ0n) is 18.2. The molecule has 3 aliphatic heterocycles. The number of morpholine rings is 1. The Hall–Kier alpha value is -0.560. The standard InChI is InChI=1S/C23H40N2O3S/c1-20-17-21(18-29-20)22(27)25-14-16-28-23(19-25)9-12-24(13-10-23)11-7-5-3-2-4-6-8-15-26/h17,21,26H,2-16,18-19H2,1H3. The minimum Gasteiger partial charge on any atom is -0.396 e. The number of likely N-dealkylation sites (tertiary alicyclic amines) is 1. The number of hydrogen-bond acceptors (Lipinski definition) is 5. The van der Waals surface area contributed by atoms with Crippen LogP contribution in [0.5, 0.6) is 0 Å². The van der Waals surface area contributed by atoms with E-state index in [0.29, 0.717) is 19.1 Å². The van der Waals surface area contributed by atoms with Gasteiger partial charge in [0.25, 0.3) is 0 Å². The average molecular weight is 425 g/mol. The van der Waals surface area contributed by atoms with Gasteiger partial charge in [-0.2, -0.15) is 0 Å². The van der Waals surface area contributed by atoms with Crippen LogP contribution >= 0.6 is 11.8 Å². The lowest BCUT2D eigenvalue weighted by Gasteiger charge is -2.47. The van der Waals surface area contributed by atoms with Gasteiger partial charge in [-0.3, -0.25) is 4.79 Å². The number of piperidine rings is 1. The Balaban J connectivity index is 1.33. The molecule has 1 unspecified atom stereocenters. The first kappa shape index (κ1) is 23.1. The number of carbonyl (C=O) groups excluding carboxylic acids is 1. The molecule has 3 rings (SSSR count). The molecular formula is C23H40N2O3S. The van der Waals surface area contributed by atoms with Crippen molar-refractivity contribution in [2.75, 3.05) is 51.7 Å². The quantitative estimate of drug-likeness (QED) is 0.542. The second kappa shape index (κ2) is 11.7. The molecule has 1 N–H and O–H groups in total. The summed E-state index contributed by atoms with van der Waals surface area (Å²) in [6.45, 7) is 8.03. The number of aliphatic hydroxyl groups is 1. The van der Waals surface area contributed by atoms with Crippen molar-refractivity contribution in [2.24, 2.45) is 5.92 Å². The highest BCUT2D eigenvalue weighted by atomic mass is 32.2. The molecule has 0 saturated carbocycles. The number of amides is 1. The van der Waals surface area contributed by atoms with Crippen LogP contribution in [-0.4, -0.2) is 78.1 Å². The average Bonchev–Trinajstić information content (AvgIpc) is 3.17. The van der Waals surface area contributed by atoms with Crippen LogP contribution in [0.1, 0.15) is 64.7 Å². The van der Waals surface area contributed by atoms with Crippen LogP contribution in [0.25, 0.3) is 0 Å². The van der Waals surface area contributed by atoms with E-state index in [-0.39, 0.29) is 11.5 Å². The summed E-state index contributed by atoms with van der Waals surface area (Å²) < 4.78 is 6.25. The molecule has 29 heavy (non-hydrogen) atoms. The van der Waals surface area contributed by atoms with Crippen LogP contribution in [0.2, 0.25) is 0 Å². The number of rotatable bonds is 10. The van der Waals surface area contributed by atoms with Crippen molar-refractivity contribution < 1.29 is 14.6 Å². The van der Waals surface area contributed by atoms with E-state index in [2.05, 4.69) is 22.8 Å². The molecule has 3 aliphatic rings. The van der Waals surface area contributed by atoms with Gasteiger partial charge in [0.15, 0.2) is 0 Å². The third-order valence-electron chi connectivity index (χ3n) is 6.70. The van der Waals surface area contributed by atoms with Crippen molar-refractivity contribution in [2.45, 2.75) is 70.3 Å². The van der Waals surface area contributed by atoms with E-state index in [1.54, 1.807) is 11.8 Å².